The third-order valence-electron chi connectivity index (χ3n) is 2.70. The van der Waals surface area contributed by atoms with E-state index < -0.39 is 0 Å². The molecule has 0 bridgehead atoms. The quantitative estimate of drug-likeness (QED) is 0.773. The number of hydrogen-bond acceptors (Lipinski definition) is 2. The van der Waals surface area contributed by atoms with Crippen LogP contribution in [0.15, 0.2) is 12.4 Å². The predicted molar refractivity (Wildman–Crippen MR) is 59.2 cm³/mol. The summed E-state index contributed by atoms with van der Waals surface area (Å²) in [5, 5.41) is 7.62. The molecule has 3 heteroatoms. The van der Waals surface area contributed by atoms with Crippen LogP contribution in [0.3, 0.4) is 0 Å². The van der Waals surface area contributed by atoms with Crippen molar-refractivity contribution in [1.29, 1.82) is 0 Å². The van der Waals surface area contributed by atoms with Crippen molar-refractivity contribution in [3.05, 3.63) is 18.0 Å². The van der Waals surface area contributed by atoms with Gasteiger partial charge in [-0.3, -0.25) is 4.68 Å². The van der Waals surface area contributed by atoms with Crippen LogP contribution >= 0.6 is 0 Å². The first-order valence-electron chi connectivity index (χ1n) is 5.34. The molecule has 0 aliphatic carbocycles. The smallest absolute Gasteiger partial charge is 0.0521 e. The Hall–Kier alpha value is -0.830. The van der Waals surface area contributed by atoms with Gasteiger partial charge in [-0.05, 0) is 31.4 Å². The Bertz CT molecular complexity index is 267. The van der Waals surface area contributed by atoms with Crippen molar-refractivity contribution in [2.75, 3.05) is 6.54 Å². The maximum atomic E-state index is 4.17. The molecular weight excluding hydrogens is 174 g/mol. The van der Waals surface area contributed by atoms with E-state index in [1.807, 2.05) is 17.9 Å². The van der Waals surface area contributed by atoms with Crippen LogP contribution < -0.4 is 5.32 Å². The normalized spacial score (nSPS) is 15.4. The summed E-state index contributed by atoms with van der Waals surface area (Å²) in [5.74, 6) is 0.652. The number of aryl methyl sites for hydroxylation is 1. The van der Waals surface area contributed by atoms with Crippen molar-refractivity contribution < 1.29 is 0 Å². The zero-order valence-corrected chi connectivity index (χ0v) is 9.62. The summed E-state index contributed by atoms with van der Waals surface area (Å²) in [6.45, 7) is 7.71. The van der Waals surface area contributed by atoms with Gasteiger partial charge in [0.25, 0.3) is 0 Å². The molecule has 0 saturated heterocycles. The number of rotatable bonds is 5. The first kappa shape index (κ1) is 11.2. The molecule has 0 aliphatic heterocycles. The average Bonchev–Trinajstić information content (AvgIpc) is 2.51. The summed E-state index contributed by atoms with van der Waals surface area (Å²) in [7, 11) is 1.96. The average molecular weight is 195 g/mol. The number of nitrogens with one attached hydrogen (secondary N) is 1. The molecule has 14 heavy (non-hydrogen) atoms. The highest BCUT2D eigenvalue weighted by Crippen LogP contribution is 2.10. The van der Waals surface area contributed by atoms with Crippen LogP contribution in [0.5, 0.6) is 0 Å². The maximum Gasteiger partial charge on any atom is 0.0521 e. The largest absolute Gasteiger partial charge is 0.314 e. The van der Waals surface area contributed by atoms with Crippen LogP contribution in [0.25, 0.3) is 0 Å². The van der Waals surface area contributed by atoms with Crippen molar-refractivity contribution in [2.24, 2.45) is 13.0 Å². The van der Waals surface area contributed by atoms with Crippen LogP contribution in [-0.4, -0.2) is 22.4 Å². The highest BCUT2D eigenvalue weighted by molar-refractivity contribution is 5.05. The van der Waals surface area contributed by atoms with E-state index in [1.54, 1.807) is 0 Å². The van der Waals surface area contributed by atoms with E-state index in [-0.39, 0.29) is 0 Å². The van der Waals surface area contributed by atoms with Crippen LogP contribution in [0.4, 0.5) is 0 Å². The van der Waals surface area contributed by atoms with Gasteiger partial charge in [0.05, 0.1) is 6.20 Å². The first-order valence-corrected chi connectivity index (χ1v) is 5.34. The predicted octanol–water partition coefficient (Wildman–Crippen LogP) is 1.60. The maximum absolute atomic E-state index is 4.17. The highest BCUT2D eigenvalue weighted by Gasteiger charge is 2.11. The van der Waals surface area contributed by atoms with E-state index in [2.05, 4.69) is 37.4 Å². The van der Waals surface area contributed by atoms with Gasteiger partial charge in [-0.25, -0.2) is 0 Å². The summed E-state index contributed by atoms with van der Waals surface area (Å²) < 4.78 is 1.86. The Morgan fingerprint density at radius 1 is 1.50 bits per heavy atom. The van der Waals surface area contributed by atoms with Crippen molar-refractivity contribution in [1.82, 2.24) is 15.1 Å². The van der Waals surface area contributed by atoms with Crippen LogP contribution in [0.2, 0.25) is 0 Å². The van der Waals surface area contributed by atoms with Crippen molar-refractivity contribution in [2.45, 2.75) is 33.2 Å². The first-order chi connectivity index (χ1) is 6.63. The molecule has 3 nitrogen and oxygen atoms in total. The lowest BCUT2D eigenvalue weighted by atomic mass is 9.97. The molecule has 1 N–H and O–H groups in total. The molecule has 0 amide bonds. The van der Waals surface area contributed by atoms with E-state index in [0.717, 1.165) is 13.0 Å². The number of hydrogen-bond donors (Lipinski definition) is 1. The molecule has 80 valence electrons. The van der Waals surface area contributed by atoms with Crippen LogP contribution in [-0.2, 0) is 13.5 Å². The van der Waals surface area contributed by atoms with E-state index in [9.17, 15) is 0 Å². The fourth-order valence-electron chi connectivity index (χ4n) is 1.65. The Morgan fingerprint density at radius 2 is 2.21 bits per heavy atom. The lowest BCUT2D eigenvalue weighted by Gasteiger charge is -2.19. The Labute approximate surface area is 86.5 Å². The van der Waals surface area contributed by atoms with Crippen LogP contribution in [0, 0.1) is 5.92 Å². The van der Waals surface area contributed by atoms with Gasteiger partial charge < -0.3 is 5.32 Å². The van der Waals surface area contributed by atoms with Gasteiger partial charge in [0.2, 0.25) is 0 Å². The fraction of sp³-hybridized carbons (Fsp3) is 0.727. The summed E-state index contributed by atoms with van der Waals surface area (Å²) in [6.07, 6.45) is 5.15. The van der Waals surface area contributed by atoms with Gasteiger partial charge in [-0.2, -0.15) is 5.10 Å². The number of nitrogens with zero attached hydrogens (tertiary/aromatic N) is 2. The third kappa shape index (κ3) is 3.14. The topological polar surface area (TPSA) is 29.9 Å². The Balaban J connectivity index is 2.43. The van der Waals surface area contributed by atoms with Gasteiger partial charge in [0.1, 0.15) is 0 Å². The lowest BCUT2D eigenvalue weighted by molar-refractivity contribution is 0.406. The minimum atomic E-state index is 0.570. The second-order valence-electron chi connectivity index (χ2n) is 4.05. The molecule has 0 radical (unpaired) electrons. The molecule has 1 aromatic heterocycles. The van der Waals surface area contributed by atoms with Gasteiger partial charge in [-0.15, -0.1) is 0 Å². The molecule has 0 aliphatic rings. The summed E-state index contributed by atoms with van der Waals surface area (Å²) in [6, 6.07) is 0.570. The molecule has 0 spiro atoms. The van der Waals surface area contributed by atoms with E-state index in [0.29, 0.717) is 12.0 Å². The molecular formula is C11H21N3. The summed E-state index contributed by atoms with van der Waals surface area (Å²) in [4.78, 5) is 0. The minimum Gasteiger partial charge on any atom is -0.314 e. The Morgan fingerprint density at radius 3 is 2.71 bits per heavy atom. The van der Waals surface area contributed by atoms with Gasteiger partial charge in [0, 0.05) is 19.3 Å². The standard InChI is InChI=1S/C11H21N3/c1-5-12-10(3)9(2)6-11-7-13-14(4)8-11/h7-10,12H,5-6H2,1-4H3. The van der Waals surface area contributed by atoms with Crippen molar-refractivity contribution in [3.63, 3.8) is 0 Å². The van der Waals surface area contributed by atoms with Gasteiger partial charge in [-0.1, -0.05) is 13.8 Å². The van der Waals surface area contributed by atoms with Crippen LogP contribution in [0.1, 0.15) is 26.3 Å². The molecule has 0 aromatic carbocycles. The van der Waals surface area contributed by atoms with E-state index in [1.165, 1.54) is 5.56 Å². The second-order valence-corrected chi connectivity index (χ2v) is 4.05. The molecule has 1 heterocycles. The third-order valence-corrected chi connectivity index (χ3v) is 2.70. The highest BCUT2D eigenvalue weighted by atomic mass is 15.2. The van der Waals surface area contributed by atoms with E-state index in [4.69, 9.17) is 0 Å². The monoisotopic (exact) mass is 195 g/mol. The second kappa shape index (κ2) is 5.15. The van der Waals surface area contributed by atoms with E-state index >= 15 is 0 Å². The fourth-order valence-corrected chi connectivity index (χ4v) is 1.65. The molecule has 0 fully saturated rings. The molecule has 1 aromatic rings. The molecule has 2 unspecified atom stereocenters. The van der Waals surface area contributed by atoms with Gasteiger partial charge >= 0.3 is 0 Å². The van der Waals surface area contributed by atoms with Crippen molar-refractivity contribution in [3.8, 4) is 0 Å². The zero-order valence-electron chi connectivity index (χ0n) is 9.62. The van der Waals surface area contributed by atoms with Crippen molar-refractivity contribution >= 4 is 0 Å². The molecule has 2 atom stereocenters. The number of aromatic nitrogens is 2. The Kier molecular flexibility index (Phi) is 4.14. The SMILES string of the molecule is CCNC(C)C(C)Cc1cnn(C)c1. The molecule has 0 saturated carbocycles. The molecule has 1 rings (SSSR count). The van der Waals surface area contributed by atoms with Gasteiger partial charge in [0.15, 0.2) is 0 Å². The minimum absolute atomic E-state index is 0.570. The summed E-state index contributed by atoms with van der Waals surface area (Å²) in [5.41, 5.74) is 1.32. The zero-order chi connectivity index (χ0) is 10.6. The summed E-state index contributed by atoms with van der Waals surface area (Å²) >= 11 is 0. The lowest BCUT2D eigenvalue weighted by Crippen LogP contribution is -2.32.